The second kappa shape index (κ2) is 7.20. The molecule has 0 aromatic rings. The van der Waals surface area contributed by atoms with Gasteiger partial charge in [-0.05, 0) is 12.3 Å². The van der Waals surface area contributed by atoms with Crippen LogP contribution in [-0.2, 0) is 4.79 Å². The summed E-state index contributed by atoms with van der Waals surface area (Å²) in [5.74, 6) is -0.455. The Balaban J connectivity index is 2.48. The van der Waals surface area contributed by atoms with Crippen molar-refractivity contribution in [2.75, 3.05) is 25.4 Å². The van der Waals surface area contributed by atoms with E-state index in [9.17, 15) is 9.59 Å². The maximum Gasteiger partial charge on any atom is 0.317 e. The van der Waals surface area contributed by atoms with Crippen LogP contribution in [0.15, 0.2) is 0 Å². The lowest BCUT2D eigenvalue weighted by molar-refractivity contribution is -0.142. The number of nitrogens with one attached hydrogen (secondary N) is 1. The molecule has 5 nitrogen and oxygen atoms in total. The number of thioether (sulfide) groups is 1. The molecule has 0 radical (unpaired) electrons. The highest BCUT2D eigenvalue weighted by Gasteiger charge is 2.27. The van der Waals surface area contributed by atoms with Crippen molar-refractivity contribution in [1.82, 2.24) is 10.2 Å². The molecule has 0 aliphatic carbocycles. The number of hydrogen-bond acceptors (Lipinski definition) is 3. The van der Waals surface area contributed by atoms with Crippen molar-refractivity contribution in [3.63, 3.8) is 0 Å². The summed E-state index contributed by atoms with van der Waals surface area (Å²) in [5, 5.41) is 11.9. The van der Waals surface area contributed by atoms with Gasteiger partial charge in [0, 0.05) is 30.1 Å². The Morgan fingerprint density at radius 1 is 1.35 bits per heavy atom. The normalized spacial score (nSPS) is 20.4. The van der Waals surface area contributed by atoms with E-state index in [1.165, 1.54) is 0 Å². The van der Waals surface area contributed by atoms with E-state index < -0.39 is 11.9 Å². The molecule has 0 aromatic carbocycles. The van der Waals surface area contributed by atoms with Crippen LogP contribution in [0, 0.1) is 11.8 Å². The lowest BCUT2D eigenvalue weighted by Crippen LogP contribution is -2.44. The molecule has 1 saturated heterocycles. The van der Waals surface area contributed by atoms with E-state index in [2.05, 4.69) is 19.2 Å². The van der Waals surface area contributed by atoms with Crippen LogP contribution in [0.2, 0.25) is 0 Å². The maximum atomic E-state index is 12.1. The van der Waals surface area contributed by atoms with Crippen molar-refractivity contribution in [3.05, 3.63) is 0 Å². The number of carbonyl (C=O) groups is 2. The van der Waals surface area contributed by atoms with E-state index in [1.54, 1.807) is 4.90 Å². The van der Waals surface area contributed by atoms with Crippen molar-refractivity contribution in [1.29, 1.82) is 0 Å². The average Bonchev–Trinajstić information content (AvgIpc) is 2.49. The fraction of sp³-hybridized carbons (Fsp3) is 0.857. The van der Waals surface area contributed by atoms with Gasteiger partial charge in [-0.3, -0.25) is 4.79 Å². The van der Waals surface area contributed by atoms with Crippen molar-refractivity contribution >= 4 is 23.8 Å². The number of amides is 2. The minimum absolute atomic E-state index is 0.00595. The average molecular weight is 302 g/mol. The third-order valence-electron chi connectivity index (χ3n) is 3.72. The van der Waals surface area contributed by atoms with Crippen LogP contribution in [0.3, 0.4) is 0 Å². The summed E-state index contributed by atoms with van der Waals surface area (Å²) >= 11 is 1.88. The monoisotopic (exact) mass is 302 g/mol. The summed E-state index contributed by atoms with van der Waals surface area (Å²) in [4.78, 5) is 25.0. The predicted molar refractivity (Wildman–Crippen MR) is 82.1 cm³/mol. The third-order valence-corrected chi connectivity index (χ3v) is 5.09. The van der Waals surface area contributed by atoms with Gasteiger partial charge in [-0.15, -0.1) is 0 Å². The number of nitrogens with zero attached hydrogens (tertiary/aromatic N) is 1. The number of carboxylic acids is 1. The topological polar surface area (TPSA) is 69.6 Å². The Hall–Kier alpha value is -0.910. The Morgan fingerprint density at radius 2 is 2.00 bits per heavy atom. The van der Waals surface area contributed by atoms with E-state index >= 15 is 0 Å². The molecule has 6 heteroatoms. The molecule has 0 spiro atoms. The van der Waals surface area contributed by atoms with E-state index in [1.807, 2.05) is 25.6 Å². The fourth-order valence-corrected chi connectivity index (χ4v) is 3.24. The first-order chi connectivity index (χ1) is 9.23. The molecular weight excluding hydrogens is 276 g/mol. The van der Waals surface area contributed by atoms with Crippen LogP contribution in [0.25, 0.3) is 0 Å². The molecule has 0 aromatic heterocycles. The highest BCUT2D eigenvalue weighted by molar-refractivity contribution is 8.00. The maximum absolute atomic E-state index is 12.1. The number of aliphatic carboxylic acids is 1. The zero-order valence-corrected chi connectivity index (χ0v) is 13.6. The molecule has 1 aliphatic rings. The zero-order chi connectivity index (χ0) is 15.3. The predicted octanol–water partition coefficient (Wildman–Crippen LogP) is 2.27. The number of urea groups is 1. The molecule has 1 unspecified atom stereocenters. The SMILES string of the molecule is CC(C)C(CNC(=O)N1CCSC(C)(C)CC1)C(=O)O. The molecule has 2 amide bonds. The molecule has 20 heavy (non-hydrogen) atoms. The van der Waals surface area contributed by atoms with E-state index in [-0.39, 0.29) is 23.2 Å². The smallest absolute Gasteiger partial charge is 0.317 e. The molecule has 1 aliphatic heterocycles. The molecule has 1 atom stereocenters. The number of hydrogen-bond donors (Lipinski definition) is 2. The number of rotatable bonds is 4. The summed E-state index contributed by atoms with van der Waals surface area (Å²) in [6.45, 7) is 9.74. The molecule has 0 saturated carbocycles. The Kier molecular flexibility index (Phi) is 6.17. The Labute approximate surface area is 125 Å². The van der Waals surface area contributed by atoms with E-state index in [0.29, 0.717) is 0 Å². The summed E-state index contributed by atoms with van der Waals surface area (Å²) in [6, 6.07) is -0.143. The van der Waals surface area contributed by atoms with Gasteiger partial charge in [0.1, 0.15) is 0 Å². The quantitative estimate of drug-likeness (QED) is 0.836. The molecule has 1 rings (SSSR count). The number of carboxylic acid groups (broad SMARTS) is 1. The third kappa shape index (κ3) is 5.23. The molecule has 2 N–H and O–H groups in total. The second-order valence-corrected chi connectivity index (χ2v) is 8.02. The first-order valence-electron chi connectivity index (χ1n) is 7.12. The second-order valence-electron chi connectivity index (χ2n) is 6.22. The van der Waals surface area contributed by atoms with Crippen LogP contribution in [0.1, 0.15) is 34.1 Å². The minimum atomic E-state index is -0.854. The van der Waals surface area contributed by atoms with Gasteiger partial charge >= 0.3 is 12.0 Å². The van der Waals surface area contributed by atoms with Gasteiger partial charge in [0.05, 0.1) is 5.92 Å². The van der Waals surface area contributed by atoms with Gasteiger partial charge in [-0.25, -0.2) is 4.79 Å². The lowest BCUT2D eigenvalue weighted by Gasteiger charge is -2.24. The molecule has 0 bridgehead atoms. The highest BCUT2D eigenvalue weighted by Crippen LogP contribution is 2.30. The summed E-state index contributed by atoms with van der Waals surface area (Å²) < 4.78 is 0.205. The first-order valence-corrected chi connectivity index (χ1v) is 8.11. The largest absolute Gasteiger partial charge is 0.481 e. The van der Waals surface area contributed by atoms with Crippen LogP contribution >= 0.6 is 11.8 Å². The fourth-order valence-electron chi connectivity index (χ4n) is 2.14. The standard InChI is InChI=1S/C14H26N2O3S/c1-10(2)11(12(17)18)9-15-13(19)16-6-5-14(3,4)20-8-7-16/h10-11H,5-9H2,1-4H3,(H,15,19)(H,17,18). The summed E-state index contributed by atoms with van der Waals surface area (Å²) in [5.41, 5.74) is 0. The lowest BCUT2D eigenvalue weighted by atomic mass is 9.96. The van der Waals surface area contributed by atoms with E-state index in [4.69, 9.17) is 5.11 Å². The van der Waals surface area contributed by atoms with Gasteiger partial charge in [-0.2, -0.15) is 11.8 Å². The van der Waals surface area contributed by atoms with Gasteiger partial charge in [-0.1, -0.05) is 27.7 Å². The highest BCUT2D eigenvalue weighted by atomic mass is 32.2. The Bertz CT molecular complexity index is 358. The molecular formula is C14H26N2O3S. The first kappa shape index (κ1) is 17.1. The van der Waals surface area contributed by atoms with Crippen LogP contribution in [-0.4, -0.2) is 52.1 Å². The van der Waals surface area contributed by atoms with Crippen molar-refractivity contribution in [2.24, 2.45) is 11.8 Å². The summed E-state index contributed by atoms with van der Waals surface area (Å²) in [6.07, 6.45) is 0.956. The van der Waals surface area contributed by atoms with Gasteiger partial charge in [0.25, 0.3) is 0 Å². The molecule has 116 valence electrons. The van der Waals surface area contributed by atoms with Gasteiger partial charge in [0.15, 0.2) is 0 Å². The van der Waals surface area contributed by atoms with Gasteiger partial charge < -0.3 is 15.3 Å². The molecule has 1 fully saturated rings. The van der Waals surface area contributed by atoms with Crippen molar-refractivity contribution in [3.8, 4) is 0 Å². The number of carbonyl (C=O) groups excluding carboxylic acids is 1. The van der Waals surface area contributed by atoms with Crippen LogP contribution in [0.5, 0.6) is 0 Å². The van der Waals surface area contributed by atoms with E-state index in [0.717, 1.165) is 25.3 Å². The summed E-state index contributed by atoms with van der Waals surface area (Å²) in [7, 11) is 0. The van der Waals surface area contributed by atoms with Crippen LogP contribution in [0.4, 0.5) is 4.79 Å². The van der Waals surface area contributed by atoms with Crippen molar-refractivity contribution in [2.45, 2.75) is 38.9 Å². The minimum Gasteiger partial charge on any atom is -0.481 e. The zero-order valence-electron chi connectivity index (χ0n) is 12.8. The van der Waals surface area contributed by atoms with Crippen LogP contribution < -0.4 is 5.32 Å². The molecule has 1 heterocycles. The van der Waals surface area contributed by atoms with Gasteiger partial charge in [0.2, 0.25) is 0 Å². The Morgan fingerprint density at radius 3 is 2.55 bits per heavy atom. The van der Waals surface area contributed by atoms with Crippen molar-refractivity contribution < 1.29 is 14.7 Å².